The number of carbonyl (C=O) groups excluding carboxylic acids is 6. The van der Waals surface area contributed by atoms with Crippen LogP contribution < -0.4 is 32.3 Å². The van der Waals surface area contributed by atoms with E-state index in [9.17, 15) is 28.8 Å². The Balaban J connectivity index is 2.71. The van der Waals surface area contributed by atoms with Gasteiger partial charge in [-0.3, -0.25) is 24.0 Å². The summed E-state index contributed by atoms with van der Waals surface area (Å²) in [6.45, 7) is 15.2. The van der Waals surface area contributed by atoms with E-state index in [-0.39, 0.29) is 55.1 Å². The predicted molar refractivity (Wildman–Crippen MR) is 198 cm³/mol. The number of carbonyl (C=O) groups is 6. The van der Waals surface area contributed by atoms with Crippen LogP contribution in [0.5, 0.6) is 0 Å². The Hall–Kier alpha value is -4.10. The second-order valence-electron chi connectivity index (χ2n) is 14.9. The lowest BCUT2D eigenvalue weighted by atomic mass is 9.80. The third-order valence-electron chi connectivity index (χ3n) is 7.90. The van der Waals surface area contributed by atoms with Gasteiger partial charge in [0.15, 0.2) is 0 Å². The summed E-state index contributed by atoms with van der Waals surface area (Å²) in [5.74, 6) is -1.41. The van der Waals surface area contributed by atoms with Crippen LogP contribution in [0.25, 0.3) is 0 Å². The van der Waals surface area contributed by atoms with Gasteiger partial charge in [0, 0.05) is 31.1 Å². The number of nitrogens with two attached hydrogens (primary N) is 1. The summed E-state index contributed by atoms with van der Waals surface area (Å²) in [4.78, 5) is 74.6. The monoisotopic (exact) mass is 700 g/mol. The molecule has 6 amide bonds. The van der Waals surface area contributed by atoms with Gasteiger partial charge in [0.05, 0.1) is 0 Å². The average Bonchev–Trinajstić information content (AvgIpc) is 3.00. The number of primary amides is 1. The van der Waals surface area contributed by atoms with E-state index >= 15 is 0 Å². The van der Waals surface area contributed by atoms with E-state index in [0.29, 0.717) is 31.0 Å². The third-order valence-corrected chi connectivity index (χ3v) is 7.90. The van der Waals surface area contributed by atoms with Crippen molar-refractivity contribution in [1.82, 2.24) is 21.3 Å². The van der Waals surface area contributed by atoms with E-state index in [1.807, 2.05) is 13.8 Å². The molecule has 13 nitrogen and oxygen atoms in total. The van der Waals surface area contributed by atoms with E-state index in [2.05, 4.69) is 61.2 Å². The van der Waals surface area contributed by atoms with Gasteiger partial charge in [0.2, 0.25) is 37.3 Å². The first-order valence-corrected chi connectivity index (χ1v) is 17.8. The zero-order chi connectivity index (χ0) is 37.9. The summed E-state index contributed by atoms with van der Waals surface area (Å²) in [7, 11) is 1.32. The number of ether oxygens (including phenoxy) is 1. The topological polar surface area (TPSA) is 198 Å². The van der Waals surface area contributed by atoms with Crippen molar-refractivity contribution in [3.05, 3.63) is 29.8 Å². The van der Waals surface area contributed by atoms with Crippen molar-refractivity contribution in [3.63, 3.8) is 0 Å². The van der Waals surface area contributed by atoms with Gasteiger partial charge < -0.3 is 37.1 Å². The molecule has 0 fully saturated rings. The fraction of sp³-hybridized carbons (Fsp3) is 0.667. The molecule has 7 N–H and O–H groups in total. The first kappa shape index (κ1) is 43.9. The minimum atomic E-state index is -0.963. The van der Waals surface area contributed by atoms with Crippen molar-refractivity contribution in [3.8, 4) is 0 Å². The SMILES string of the molecule is BC(=O)OCc1ccc(NC(=O)[C@H](CCCNC(N)=O)NC(=O)[C@@H](NC(=O)CCCCCNC(=O)C(CC(C)C)CC(C)(C)C)C(C)C)cc1. The number of benzene rings is 1. The summed E-state index contributed by atoms with van der Waals surface area (Å²) in [5, 5.41) is 13.9. The van der Waals surface area contributed by atoms with Crippen LogP contribution in [0.15, 0.2) is 24.3 Å². The Kier molecular flexibility index (Phi) is 19.8. The Morgan fingerprint density at radius 2 is 1.46 bits per heavy atom. The number of rotatable bonds is 22. The maximum absolute atomic E-state index is 13.4. The van der Waals surface area contributed by atoms with Crippen LogP contribution in [-0.4, -0.2) is 68.5 Å². The van der Waals surface area contributed by atoms with Crippen molar-refractivity contribution < 1.29 is 33.5 Å². The first-order chi connectivity index (χ1) is 23.4. The molecule has 0 heterocycles. The molecule has 1 aromatic carbocycles. The summed E-state index contributed by atoms with van der Waals surface area (Å²) < 4.78 is 4.99. The fourth-order valence-corrected chi connectivity index (χ4v) is 5.46. The minimum absolute atomic E-state index is 0.0242. The van der Waals surface area contributed by atoms with Crippen LogP contribution in [0.3, 0.4) is 0 Å². The molecule has 0 bridgehead atoms. The minimum Gasteiger partial charge on any atom is -0.469 e. The lowest BCUT2D eigenvalue weighted by Crippen LogP contribution is -2.54. The number of urea groups is 1. The van der Waals surface area contributed by atoms with E-state index in [4.69, 9.17) is 10.5 Å². The van der Waals surface area contributed by atoms with Crippen LogP contribution in [-0.2, 0) is 30.5 Å². The molecule has 50 heavy (non-hydrogen) atoms. The second kappa shape index (κ2) is 22.6. The molecule has 280 valence electrons. The smallest absolute Gasteiger partial charge is 0.312 e. The van der Waals surface area contributed by atoms with Crippen molar-refractivity contribution in [2.24, 2.45) is 28.9 Å². The second-order valence-corrected chi connectivity index (χ2v) is 14.9. The molecule has 0 saturated heterocycles. The number of hydrogen-bond acceptors (Lipinski definition) is 7. The fourth-order valence-electron chi connectivity index (χ4n) is 5.46. The largest absolute Gasteiger partial charge is 0.469 e. The highest BCUT2D eigenvalue weighted by molar-refractivity contribution is 6.55. The zero-order valence-corrected chi connectivity index (χ0v) is 31.4. The van der Waals surface area contributed by atoms with Gasteiger partial charge in [-0.1, -0.05) is 67.0 Å². The molecule has 1 unspecified atom stereocenters. The van der Waals surface area contributed by atoms with Crippen LogP contribution in [0, 0.1) is 23.2 Å². The molecule has 0 aromatic heterocycles. The molecular formula is C36H61BN6O7. The van der Waals surface area contributed by atoms with Crippen molar-refractivity contribution in [2.75, 3.05) is 18.4 Å². The molecule has 3 atom stereocenters. The quantitative estimate of drug-likeness (QED) is 0.0782. The van der Waals surface area contributed by atoms with Gasteiger partial charge in [-0.05, 0) is 73.5 Å². The standard InChI is InChI=1S/C36H61BN6O7/c1-23(2)20-26(21-36(5,6)7)31(45)39-18-10-8-9-13-29(44)43-30(24(3)4)33(47)42-28(12-11-19-40-35(38)49)32(46)41-27-16-14-25(15-17-27)22-50-34(37)48/h14-17,23-24,26,28,30H,8-13,18-22,37H2,1-7H3,(H,39,45)(H,41,46)(H,42,47)(H,43,44)(H3,38,40,49)/t26?,28-,30-/m0/s1. The molecule has 0 aliphatic rings. The lowest BCUT2D eigenvalue weighted by molar-refractivity contribution is -0.132. The molecule has 1 rings (SSSR count). The molecule has 0 spiro atoms. The molecule has 0 radical (unpaired) electrons. The van der Waals surface area contributed by atoms with Crippen LogP contribution in [0.1, 0.15) is 105 Å². The average molecular weight is 701 g/mol. The number of nitrogens with one attached hydrogen (secondary N) is 5. The highest BCUT2D eigenvalue weighted by Gasteiger charge is 2.29. The highest BCUT2D eigenvalue weighted by Crippen LogP contribution is 2.28. The van der Waals surface area contributed by atoms with Crippen molar-refractivity contribution >= 4 is 49.1 Å². The summed E-state index contributed by atoms with van der Waals surface area (Å²) in [6.07, 6.45) is 4.54. The summed E-state index contributed by atoms with van der Waals surface area (Å²) >= 11 is 0. The predicted octanol–water partition coefficient (Wildman–Crippen LogP) is 3.74. The van der Waals surface area contributed by atoms with E-state index in [1.54, 1.807) is 24.3 Å². The number of amides is 6. The molecule has 0 aliphatic heterocycles. The van der Waals surface area contributed by atoms with Crippen LogP contribution in [0.4, 0.5) is 15.3 Å². The van der Waals surface area contributed by atoms with Gasteiger partial charge in [0.1, 0.15) is 18.7 Å². The van der Waals surface area contributed by atoms with Gasteiger partial charge in [0.25, 0.3) is 0 Å². The molecule has 14 heteroatoms. The summed E-state index contributed by atoms with van der Waals surface area (Å²) in [5.41, 5.74) is 6.43. The Bertz CT molecular complexity index is 1250. The molecule has 1 aromatic rings. The van der Waals surface area contributed by atoms with Crippen molar-refractivity contribution in [2.45, 2.75) is 119 Å². The van der Waals surface area contributed by atoms with E-state index < -0.39 is 35.8 Å². The molecular weight excluding hydrogens is 639 g/mol. The maximum Gasteiger partial charge on any atom is 0.312 e. The summed E-state index contributed by atoms with van der Waals surface area (Å²) in [6, 6.07) is 4.21. The molecule has 0 saturated carbocycles. The zero-order valence-electron chi connectivity index (χ0n) is 31.4. The Morgan fingerprint density at radius 3 is 2.02 bits per heavy atom. The van der Waals surface area contributed by atoms with Gasteiger partial charge in [-0.25, -0.2) is 4.79 Å². The van der Waals surface area contributed by atoms with Gasteiger partial charge >= 0.3 is 6.03 Å². The third kappa shape index (κ3) is 19.8. The Labute approximate surface area is 299 Å². The van der Waals surface area contributed by atoms with Crippen LogP contribution in [0.2, 0.25) is 0 Å². The Morgan fingerprint density at radius 1 is 0.820 bits per heavy atom. The van der Waals surface area contributed by atoms with Crippen molar-refractivity contribution in [1.29, 1.82) is 0 Å². The number of anilines is 1. The van der Waals surface area contributed by atoms with Crippen LogP contribution >= 0.6 is 0 Å². The van der Waals surface area contributed by atoms with Gasteiger partial charge in [-0.2, -0.15) is 0 Å². The van der Waals surface area contributed by atoms with E-state index in [1.165, 1.54) is 7.85 Å². The maximum atomic E-state index is 13.4. The first-order valence-electron chi connectivity index (χ1n) is 17.8. The number of unbranched alkanes of at least 4 members (excludes halogenated alkanes) is 2. The van der Waals surface area contributed by atoms with E-state index in [0.717, 1.165) is 31.2 Å². The highest BCUT2D eigenvalue weighted by atomic mass is 16.5. The number of hydrogen-bond donors (Lipinski definition) is 6. The molecule has 0 aliphatic carbocycles. The lowest BCUT2D eigenvalue weighted by Gasteiger charge is -2.26. The van der Waals surface area contributed by atoms with Gasteiger partial charge in [-0.15, -0.1) is 0 Å². The normalized spacial score (nSPS) is 13.1.